The molecule has 0 aliphatic carbocycles. The second kappa shape index (κ2) is 9.57. The second-order valence-corrected chi connectivity index (χ2v) is 6.88. The Balaban J connectivity index is 1.78. The van der Waals surface area contributed by atoms with Crippen LogP contribution in [0.3, 0.4) is 0 Å². The fourth-order valence-corrected chi connectivity index (χ4v) is 2.72. The zero-order valence-corrected chi connectivity index (χ0v) is 15.7. The number of carboxylic acid groups (broad SMARTS) is 1. The average molecular weight is 377 g/mol. The summed E-state index contributed by atoms with van der Waals surface area (Å²) < 4.78 is 0. The maximum atomic E-state index is 11.0. The number of aliphatic hydroxyl groups excluding tert-OH is 1. The van der Waals surface area contributed by atoms with Crippen LogP contribution in [0.15, 0.2) is 48.5 Å². The largest absolute Gasteiger partial charge is 0.481 e. The minimum atomic E-state index is -0.832. The molecule has 3 atom stereocenters. The third-order valence-corrected chi connectivity index (χ3v) is 4.52. The summed E-state index contributed by atoms with van der Waals surface area (Å²) in [7, 11) is 0. The zero-order valence-electron chi connectivity index (χ0n) is 14.9. The molecule has 0 amide bonds. The van der Waals surface area contributed by atoms with Crippen molar-refractivity contribution in [2.24, 2.45) is 0 Å². The molecule has 2 aromatic rings. The summed E-state index contributed by atoms with van der Waals surface area (Å²) in [5.41, 5.74) is 2.49. The van der Waals surface area contributed by atoms with Crippen molar-refractivity contribution in [2.75, 3.05) is 18.4 Å². The third-order valence-electron chi connectivity index (χ3n) is 4.29. The molecule has 0 spiro atoms. The van der Waals surface area contributed by atoms with E-state index in [2.05, 4.69) is 10.6 Å². The van der Waals surface area contributed by atoms with Crippen LogP contribution in [0.1, 0.15) is 37.0 Å². The molecule has 0 aliphatic rings. The van der Waals surface area contributed by atoms with Gasteiger partial charge < -0.3 is 20.8 Å². The lowest BCUT2D eigenvalue weighted by atomic mass is 10.0. The molecule has 2 aromatic carbocycles. The number of rotatable bonds is 9. The van der Waals surface area contributed by atoms with E-state index in [4.69, 9.17) is 16.7 Å². The first-order valence-corrected chi connectivity index (χ1v) is 8.98. The van der Waals surface area contributed by atoms with Crippen LogP contribution in [-0.4, -0.2) is 35.3 Å². The van der Waals surface area contributed by atoms with Gasteiger partial charge in [0.25, 0.3) is 0 Å². The Kier molecular flexibility index (Phi) is 7.45. The fraction of sp³-hybridized carbons (Fsp3) is 0.350. The first kappa shape index (κ1) is 20.2. The minimum absolute atomic E-state index is 0.140. The van der Waals surface area contributed by atoms with Crippen LogP contribution in [0.5, 0.6) is 0 Å². The molecule has 140 valence electrons. The number of hydrogen-bond acceptors (Lipinski definition) is 4. The lowest BCUT2D eigenvalue weighted by molar-refractivity contribution is -0.138. The number of anilines is 1. The van der Waals surface area contributed by atoms with E-state index in [9.17, 15) is 9.90 Å². The topological polar surface area (TPSA) is 81.6 Å². The summed E-state index contributed by atoms with van der Waals surface area (Å²) in [4.78, 5) is 11.0. The van der Waals surface area contributed by atoms with E-state index >= 15 is 0 Å². The highest BCUT2D eigenvalue weighted by molar-refractivity contribution is 6.30. The van der Waals surface area contributed by atoms with Crippen molar-refractivity contribution in [3.63, 3.8) is 0 Å². The van der Waals surface area contributed by atoms with Crippen LogP contribution in [0, 0.1) is 0 Å². The van der Waals surface area contributed by atoms with Gasteiger partial charge in [0.05, 0.1) is 12.0 Å². The maximum absolute atomic E-state index is 11.0. The maximum Gasteiger partial charge on any atom is 0.310 e. The second-order valence-electron chi connectivity index (χ2n) is 6.44. The molecule has 1 unspecified atom stereocenters. The molecular weight excluding hydrogens is 352 g/mol. The standard InChI is InChI=1S/C20H25ClN2O3/c1-13(22-12-19(24)16-4-3-5-17(21)10-16)11-23-18-8-6-15(7-9-18)14(2)20(25)26/h3-10,13-14,19,22-24H,11-12H2,1-2H3,(H,25,26)/t13-,14?,19+/m1/s1. The van der Waals surface area contributed by atoms with E-state index in [0.717, 1.165) is 16.8 Å². The summed E-state index contributed by atoms with van der Waals surface area (Å²) in [5.74, 6) is -1.35. The molecule has 0 saturated carbocycles. The lowest BCUT2D eigenvalue weighted by Gasteiger charge is -2.19. The summed E-state index contributed by atoms with van der Waals surface area (Å²) >= 11 is 5.94. The molecule has 4 N–H and O–H groups in total. The molecule has 0 fully saturated rings. The normalized spacial score (nSPS) is 14.5. The quantitative estimate of drug-likeness (QED) is 0.537. The van der Waals surface area contributed by atoms with Crippen molar-refractivity contribution >= 4 is 23.3 Å². The number of halogens is 1. The summed E-state index contributed by atoms with van der Waals surface area (Å²) in [6.07, 6.45) is -0.618. The van der Waals surface area contributed by atoms with Crippen LogP contribution in [-0.2, 0) is 4.79 Å². The van der Waals surface area contributed by atoms with Gasteiger partial charge in [-0.1, -0.05) is 35.9 Å². The molecule has 0 aromatic heterocycles. The van der Waals surface area contributed by atoms with Gasteiger partial charge in [-0.05, 0) is 49.2 Å². The van der Waals surface area contributed by atoms with E-state index in [1.165, 1.54) is 0 Å². The lowest BCUT2D eigenvalue weighted by Crippen LogP contribution is -2.35. The van der Waals surface area contributed by atoms with Gasteiger partial charge in [-0.15, -0.1) is 0 Å². The number of hydrogen-bond donors (Lipinski definition) is 4. The van der Waals surface area contributed by atoms with Crippen LogP contribution in [0.2, 0.25) is 5.02 Å². The van der Waals surface area contributed by atoms with Gasteiger partial charge in [0.15, 0.2) is 0 Å². The number of nitrogens with one attached hydrogen (secondary N) is 2. The van der Waals surface area contributed by atoms with Crippen molar-refractivity contribution in [2.45, 2.75) is 31.9 Å². The van der Waals surface area contributed by atoms with Crippen molar-refractivity contribution in [1.82, 2.24) is 5.32 Å². The summed E-state index contributed by atoms with van der Waals surface area (Å²) in [5, 5.41) is 26.4. The highest BCUT2D eigenvalue weighted by Gasteiger charge is 2.13. The number of aliphatic carboxylic acids is 1. The molecule has 0 aliphatic heterocycles. The Morgan fingerprint density at radius 1 is 1.08 bits per heavy atom. The van der Waals surface area contributed by atoms with Crippen molar-refractivity contribution in [1.29, 1.82) is 0 Å². The molecule has 5 nitrogen and oxygen atoms in total. The number of benzene rings is 2. The van der Waals surface area contributed by atoms with Crippen LogP contribution >= 0.6 is 11.6 Å². The molecule has 0 heterocycles. The monoisotopic (exact) mass is 376 g/mol. The van der Waals surface area contributed by atoms with Crippen molar-refractivity contribution < 1.29 is 15.0 Å². The summed E-state index contributed by atoms with van der Waals surface area (Å²) in [6, 6.07) is 14.7. The highest BCUT2D eigenvalue weighted by Crippen LogP contribution is 2.19. The zero-order chi connectivity index (χ0) is 19.1. The van der Waals surface area contributed by atoms with Crippen LogP contribution in [0.25, 0.3) is 0 Å². The van der Waals surface area contributed by atoms with Gasteiger partial charge in [0, 0.05) is 29.8 Å². The van der Waals surface area contributed by atoms with E-state index in [1.54, 1.807) is 19.1 Å². The summed E-state index contributed by atoms with van der Waals surface area (Å²) in [6.45, 7) is 4.80. The molecule has 0 radical (unpaired) electrons. The Morgan fingerprint density at radius 3 is 2.38 bits per heavy atom. The molecule has 0 bridgehead atoms. The van der Waals surface area contributed by atoms with Gasteiger partial charge in [0.1, 0.15) is 0 Å². The first-order chi connectivity index (χ1) is 12.4. The molecule has 2 rings (SSSR count). The predicted octanol–water partition coefficient (Wildman–Crippen LogP) is 3.65. The molecule has 6 heteroatoms. The highest BCUT2D eigenvalue weighted by atomic mass is 35.5. The minimum Gasteiger partial charge on any atom is -0.481 e. The van der Waals surface area contributed by atoms with Crippen molar-refractivity contribution in [3.8, 4) is 0 Å². The van der Waals surface area contributed by atoms with Gasteiger partial charge in [0.2, 0.25) is 0 Å². The van der Waals surface area contributed by atoms with Gasteiger partial charge in [-0.25, -0.2) is 0 Å². The average Bonchev–Trinajstić information content (AvgIpc) is 2.64. The Labute approximate surface area is 159 Å². The SMILES string of the molecule is CC(C(=O)O)c1ccc(NC[C@@H](C)NC[C@H](O)c2cccc(Cl)c2)cc1. The predicted molar refractivity (Wildman–Crippen MR) is 105 cm³/mol. The van der Waals surface area contributed by atoms with Crippen molar-refractivity contribution in [3.05, 3.63) is 64.7 Å². The number of aliphatic hydroxyl groups is 1. The number of carbonyl (C=O) groups is 1. The van der Waals surface area contributed by atoms with E-state index < -0.39 is 18.0 Å². The first-order valence-electron chi connectivity index (χ1n) is 8.60. The Hall–Kier alpha value is -2.08. The molecule has 0 saturated heterocycles. The molecule has 26 heavy (non-hydrogen) atoms. The van der Waals surface area contributed by atoms with E-state index in [-0.39, 0.29) is 6.04 Å². The van der Waals surface area contributed by atoms with Gasteiger partial charge in [-0.3, -0.25) is 4.79 Å². The molecular formula is C20H25ClN2O3. The van der Waals surface area contributed by atoms with Crippen LogP contribution in [0.4, 0.5) is 5.69 Å². The van der Waals surface area contributed by atoms with Gasteiger partial charge in [-0.2, -0.15) is 0 Å². The smallest absolute Gasteiger partial charge is 0.310 e. The Bertz CT molecular complexity index is 721. The third kappa shape index (κ3) is 6.02. The fourth-order valence-electron chi connectivity index (χ4n) is 2.52. The van der Waals surface area contributed by atoms with E-state index in [0.29, 0.717) is 18.1 Å². The van der Waals surface area contributed by atoms with Crippen LogP contribution < -0.4 is 10.6 Å². The van der Waals surface area contributed by atoms with E-state index in [1.807, 2.05) is 43.3 Å². The Morgan fingerprint density at radius 2 is 1.77 bits per heavy atom. The number of carboxylic acids is 1. The van der Waals surface area contributed by atoms with Gasteiger partial charge >= 0.3 is 5.97 Å².